The van der Waals surface area contributed by atoms with E-state index in [1.165, 1.54) is 12.1 Å². The molecular weight excluding hydrogens is 268 g/mol. The molecule has 20 heavy (non-hydrogen) atoms. The molecule has 0 fully saturated rings. The van der Waals surface area contributed by atoms with Gasteiger partial charge in [0.1, 0.15) is 18.3 Å². The molecule has 0 saturated carbocycles. The van der Waals surface area contributed by atoms with Crippen molar-refractivity contribution in [3.8, 4) is 0 Å². The fourth-order valence-corrected chi connectivity index (χ4v) is 1.91. The summed E-state index contributed by atoms with van der Waals surface area (Å²) in [7, 11) is 0. The Hall–Kier alpha value is -2.00. The molecule has 0 aliphatic carbocycles. The van der Waals surface area contributed by atoms with Gasteiger partial charge in [0.2, 0.25) is 0 Å². The van der Waals surface area contributed by atoms with Crippen molar-refractivity contribution in [1.29, 1.82) is 0 Å². The fourth-order valence-electron chi connectivity index (χ4n) is 1.91. The first-order valence-electron chi connectivity index (χ1n) is 5.88. The average Bonchev–Trinajstić information content (AvgIpc) is 2.48. The van der Waals surface area contributed by atoms with Crippen molar-refractivity contribution in [3.05, 3.63) is 41.1 Å². The molecule has 0 amide bonds. The Morgan fingerprint density at radius 3 is 2.50 bits per heavy atom. The van der Waals surface area contributed by atoms with Crippen LogP contribution in [-0.4, -0.2) is 49.2 Å². The molecule has 0 spiro atoms. The molecule has 2 rings (SSSR count). The number of aliphatic hydroxyl groups excluding tert-OH is 4. The summed E-state index contributed by atoms with van der Waals surface area (Å²) in [4.78, 5) is 11.8. The highest BCUT2D eigenvalue weighted by Gasteiger charge is 2.31. The van der Waals surface area contributed by atoms with Crippen molar-refractivity contribution < 1.29 is 30.1 Å². The molecule has 1 aromatic carbocycles. The minimum atomic E-state index is -1.75. The first-order valence-corrected chi connectivity index (χ1v) is 5.88. The molecule has 1 heterocycles. The number of hydrogen-bond acceptors (Lipinski definition) is 6. The monoisotopic (exact) mass is 283 g/mol. The van der Waals surface area contributed by atoms with Gasteiger partial charge in [0.25, 0.3) is 11.7 Å². The Balaban J connectivity index is 2.55. The fraction of sp³-hybridized carbons (Fsp3) is 0.333. The lowest BCUT2D eigenvalue weighted by atomic mass is 10.1. The van der Waals surface area contributed by atoms with Crippen molar-refractivity contribution in [2.45, 2.75) is 18.3 Å². The van der Waals surface area contributed by atoms with Gasteiger partial charge >= 0.3 is 0 Å². The van der Waals surface area contributed by atoms with E-state index in [0.29, 0.717) is 9.16 Å². The Kier molecular flexibility index (Phi) is 4.00. The molecule has 2 aromatic rings. The van der Waals surface area contributed by atoms with Crippen LogP contribution in [0.4, 0.5) is 0 Å². The van der Waals surface area contributed by atoms with Crippen LogP contribution in [-0.2, 0) is 0 Å². The maximum Gasteiger partial charge on any atom is 0.289 e. The minimum Gasteiger partial charge on any atom is -0.428 e. The number of rotatable bonds is 4. The van der Waals surface area contributed by atoms with Crippen LogP contribution in [0.15, 0.2) is 30.5 Å². The SMILES string of the molecule is O=[n+]1cc([C@H](O)[C@@H](O)[C@@H](O)CO)n(O)c2ccccc21. The quantitative estimate of drug-likeness (QED) is 0.344. The topological polar surface area (TPSA) is 129 Å². The van der Waals surface area contributed by atoms with Gasteiger partial charge in [0, 0.05) is 11.0 Å². The van der Waals surface area contributed by atoms with E-state index in [2.05, 4.69) is 0 Å². The first-order chi connectivity index (χ1) is 9.47. The molecule has 0 saturated heterocycles. The van der Waals surface area contributed by atoms with Crippen LogP contribution in [0.1, 0.15) is 11.8 Å². The second-order valence-electron chi connectivity index (χ2n) is 4.37. The lowest BCUT2D eigenvalue weighted by molar-refractivity contribution is -0.466. The Morgan fingerprint density at radius 2 is 1.85 bits per heavy atom. The van der Waals surface area contributed by atoms with Gasteiger partial charge in [0.15, 0.2) is 11.2 Å². The summed E-state index contributed by atoms with van der Waals surface area (Å²) in [6.07, 6.45) is -4.21. The van der Waals surface area contributed by atoms with Crippen molar-refractivity contribution >= 4 is 11.0 Å². The van der Waals surface area contributed by atoms with Gasteiger partial charge in [-0.1, -0.05) is 12.1 Å². The average molecular weight is 283 g/mol. The standard InChI is InChI=1S/C12H15N2O6/c15-6-10(16)12(18)11(17)9-5-13(19)7-3-1-2-4-8(7)14(9)20/h1-5,10-12,15-18,20H,6H2/q+1/t10-,11-,12-/m0/s1. The number of aliphatic hydroxyl groups is 4. The van der Waals surface area contributed by atoms with E-state index >= 15 is 0 Å². The molecule has 0 aliphatic rings. The normalized spacial score (nSPS) is 16.0. The van der Waals surface area contributed by atoms with Crippen LogP contribution in [0.2, 0.25) is 0 Å². The van der Waals surface area contributed by atoms with E-state index in [-0.39, 0.29) is 16.7 Å². The van der Waals surface area contributed by atoms with Crippen molar-refractivity contribution in [3.63, 3.8) is 0 Å². The summed E-state index contributed by atoms with van der Waals surface area (Å²) < 4.78 is 0.986. The molecule has 108 valence electrons. The highest BCUT2D eigenvalue weighted by Crippen LogP contribution is 2.20. The van der Waals surface area contributed by atoms with Crippen LogP contribution in [0, 0.1) is 4.91 Å². The molecule has 5 N–H and O–H groups in total. The van der Waals surface area contributed by atoms with E-state index in [4.69, 9.17) is 5.11 Å². The van der Waals surface area contributed by atoms with E-state index in [9.17, 15) is 25.4 Å². The smallest absolute Gasteiger partial charge is 0.289 e. The van der Waals surface area contributed by atoms with Gasteiger partial charge in [-0.3, -0.25) is 0 Å². The van der Waals surface area contributed by atoms with Crippen LogP contribution >= 0.6 is 0 Å². The third-order valence-corrected chi connectivity index (χ3v) is 3.05. The highest BCUT2D eigenvalue weighted by atomic mass is 16.5. The number of fused-ring (bicyclic) bond motifs is 1. The summed E-state index contributed by atoms with van der Waals surface area (Å²) in [5, 5.41) is 47.6. The number of benzene rings is 1. The van der Waals surface area contributed by atoms with Crippen molar-refractivity contribution in [2.75, 3.05) is 6.61 Å². The van der Waals surface area contributed by atoms with Gasteiger partial charge in [0.05, 0.1) is 11.0 Å². The van der Waals surface area contributed by atoms with Gasteiger partial charge in [-0.15, -0.1) is 0 Å². The summed E-state index contributed by atoms with van der Waals surface area (Å²) in [5.74, 6) is 0. The number of para-hydroxylation sites is 2. The van der Waals surface area contributed by atoms with Crippen LogP contribution < -0.4 is 4.43 Å². The van der Waals surface area contributed by atoms with Gasteiger partial charge in [-0.05, 0) is 6.07 Å². The summed E-state index contributed by atoms with van der Waals surface area (Å²) in [6, 6.07) is 6.13. The minimum absolute atomic E-state index is 0.129. The number of hydrogen-bond donors (Lipinski definition) is 5. The second kappa shape index (κ2) is 5.55. The van der Waals surface area contributed by atoms with Gasteiger partial charge in [-0.2, -0.15) is 4.73 Å². The van der Waals surface area contributed by atoms with Crippen molar-refractivity contribution in [2.24, 2.45) is 0 Å². The van der Waals surface area contributed by atoms with Crippen LogP contribution in [0.25, 0.3) is 11.0 Å². The van der Waals surface area contributed by atoms with Gasteiger partial charge in [-0.25, -0.2) is 0 Å². The van der Waals surface area contributed by atoms with Gasteiger partial charge < -0.3 is 25.6 Å². The lowest BCUT2D eigenvalue weighted by Gasteiger charge is -2.21. The lowest BCUT2D eigenvalue weighted by Crippen LogP contribution is -2.37. The highest BCUT2D eigenvalue weighted by molar-refractivity contribution is 5.71. The largest absolute Gasteiger partial charge is 0.428 e. The predicted octanol–water partition coefficient (Wildman–Crippen LogP) is -1.46. The molecule has 0 bridgehead atoms. The second-order valence-corrected chi connectivity index (χ2v) is 4.37. The number of aromatic nitrogens is 2. The van der Waals surface area contributed by atoms with Crippen LogP contribution in [0.3, 0.4) is 0 Å². The summed E-state index contributed by atoms with van der Waals surface area (Å²) >= 11 is 0. The zero-order chi connectivity index (χ0) is 14.9. The molecule has 8 nitrogen and oxygen atoms in total. The molecule has 1 aromatic heterocycles. The van der Waals surface area contributed by atoms with E-state index < -0.39 is 24.9 Å². The maximum atomic E-state index is 11.8. The molecule has 0 aliphatic heterocycles. The Bertz CT molecular complexity index is 671. The Morgan fingerprint density at radius 1 is 1.20 bits per heavy atom. The molecular formula is C12H15N2O6+. The molecule has 8 heteroatoms. The van der Waals surface area contributed by atoms with E-state index in [1.807, 2.05) is 0 Å². The Labute approximate surface area is 113 Å². The maximum absolute atomic E-state index is 11.8. The number of nitrogens with zero attached hydrogens (tertiary/aromatic N) is 2. The molecule has 0 radical (unpaired) electrons. The van der Waals surface area contributed by atoms with Crippen molar-refractivity contribution in [1.82, 2.24) is 4.73 Å². The molecule has 3 atom stereocenters. The zero-order valence-corrected chi connectivity index (χ0v) is 10.4. The van der Waals surface area contributed by atoms with E-state index in [0.717, 1.165) is 6.20 Å². The summed E-state index contributed by atoms with van der Waals surface area (Å²) in [5.41, 5.74) is -0.00779. The third-order valence-electron chi connectivity index (χ3n) is 3.05. The van der Waals surface area contributed by atoms with E-state index in [1.54, 1.807) is 12.1 Å². The third kappa shape index (κ3) is 2.37. The molecule has 0 unspecified atom stereocenters. The van der Waals surface area contributed by atoms with Crippen LogP contribution in [0.5, 0.6) is 0 Å². The zero-order valence-electron chi connectivity index (χ0n) is 10.4. The first kappa shape index (κ1) is 14.4. The predicted molar refractivity (Wildman–Crippen MR) is 66.5 cm³/mol. The summed E-state index contributed by atoms with van der Waals surface area (Å²) in [6.45, 7) is -0.769.